The Morgan fingerprint density at radius 2 is 1.89 bits per heavy atom. The molecule has 0 saturated carbocycles. The smallest absolute Gasteiger partial charge is 0.241 e. The normalized spacial score (nSPS) is 12.0. The van der Waals surface area contributed by atoms with Crippen LogP contribution in [0.3, 0.4) is 0 Å². The van der Waals surface area contributed by atoms with E-state index >= 15 is 0 Å². The second-order valence-corrected chi connectivity index (χ2v) is 5.06. The molecule has 1 aromatic rings. The standard InChI is InChI=1S/C15H24N2O/c1-5-12(2)10-13-6-8-14(9-7-13)16-11-15(18)17(3)4/h6-9,12,16H,5,10-11H2,1-4H3/t12-/m1/s1. The summed E-state index contributed by atoms with van der Waals surface area (Å²) in [7, 11) is 3.53. The molecule has 0 fully saturated rings. The maximum absolute atomic E-state index is 11.4. The molecule has 1 aromatic carbocycles. The molecular formula is C15H24N2O. The largest absolute Gasteiger partial charge is 0.376 e. The summed E-state index contributed by atoms with van der Waals surface area (Å²) in [6, 6.07) is 8.35. The van der Waals surface area contributed by atoms with Gasteiger partial charge in [-0.1, -0.05) is 32.4 Å². The van der Waals surface area contributed by atoms with E-state index in [0.29, 0.717) is 6.54 Å². The van der Waals surface area contributed by atoms with Crippen molar-refractivity contribution in [3.8, 4) is 0 Å². The summed E-state index contributed by atoms with van der Waals surface area (Å²) in [4.78, 5) is 13.0. The van der Waals surface area contributed by atoms with Gasteiger partial charge in [-0.15, -0.1) is 0 Å². The van der Waals surface area contributed by atoms with Crippen LogP contribution in [0.2, 0.25) is 0 Å². The Morgan fingerprint density at radius 3 is 2.39 bits per heavy atom. The Labute approximate surface area is 110 Å². The van der Waals surface area contributed by atoms with Gasteiger partial charge in [-0.3, -0.25) is 4.79 Å². The average molecular weight is 248 g/mol. The molecule has 3 heteroatoms. The molecule has 0 aliphatic rings. The minimum atomic E-state index is 0.0821. The van der Waals surface area contributed by atoms with E-state index in [9.17, 15) is 4.79 Å². The first-order valence-electron chi connectivity index (χ1n) is 6.56. The fraction of sp³-hybridized carbons (Fsp3) is 0.533. The van der Waals surface area contributed by atoms with Gasteiger partial charge in [0.15, 0.2) is 0 Å². The van der Waals surface area contributed by atoms with Crippen molar-refractivity contribution < 1.29 is 4.79 Å². The third kappa shape index (κ3) is 4.78. The molecule has 0 radical (unpaired) electrons. The van der Waals surface area contributed by atoms with Crippen LogP contribution in [0, 0.1) is 5.92 Å². The fourth-order valence-corrected chi connectivity index (χ4v) is 1.64. The fourth-order valence-electron chi connectivity index (χ4n) is 1.64. The average Bonchev–Trinajstić information content (AvgIpc) is 2.37. The highest BCUT2D eigenvalue weighted by Gasteiger charge is 2.04. The summed E-state index contributed by atoms with van der Waals surface area (Å²) in [6.07, 6.45) is 2.32. The number of anilines is 1. The van der Waals surface area contributed by atoms with Crippen molar-refractivity contribution in [3.63, 3.8) is 0 Å². The summed E-state index contributed by atoms with van der Waals surface area (Å²) < 4.78 is 0. The topological polar surface area (TPSA) is 32.3 Å². The molecule has 0 spiro atoms. The van der Waals surface area contributed by atoms with Gasteiger partial charge in [0.2, 0.25) is 5.91 Å². The molecule has 100 valence electrons. The Kier molecular flexibility index (Phi) is 5.69. The van der Waals surface area contributed by atoms with E-state index in [1.165, 1.54) is 12.0 Å². The molecule has 0 saturated heterocycles. The first kappa shape index (κ1) is 14.6. The predicted octanol–water partition coefficient (Wildman–Crippen LogP) is 2.78. The van der Waals surface area contributed by atoms with Crippen LogP contribution in [-0.4, -0.2) is 31.4 Å². The van der Waals surface area contributed by atoms with Crippen LogP contribution in [0.4, 0.5) is 5.69 Å². The van der Waals surface area contributed by atoms with Crippen molar-refractivity contribution in [2.75, 3.05) is 26.0 Å². The Bertz CT molecular complexity index is 371. The molecule has 1 rings (SSSR count). The molecule has 18 heavy (non-hydrogen) atoms. The Hall–Kier alpha value is -1.51. The lowest BCUT2D eigenvalue weighted by molar-refractivity contribution is -0.126. The van der Waals surface area contributed by atoms with Gasteiger partial charge >= 0.3 is 0 Å². The monoisotopic (exact) mass is 248 g/mol. The van der Waals surface area contributed by atoms with Gasteiger partial charge in [-0.05, 0) is 30.0 Å². The van der Waals surface area contributed by atoms with Gasteiger partial charge in [-0.2, -0.15) is 0 Å². The number of carbonyl (C=O) groups is 1. The zero-order chi connectivity index (χ0) is 13.5. The van der Waals surface area contributed by atoms with Gasteiger partial charge in [0.05, 0.1) is 6.54 Å². The van der Waals surface area contributed by atoms with E-state index in [1.54, 1.807) is 19.0 Å². The number of rotatable bonds is 6. The third-order valence-corrected chi connectivity index (χ3v) is 3.18. The maximum Gasteiger partial charge on any atom is 0.241 e. The first-order chi connectivity index (χ1) is 8.52. The highest BCUT2D eigenvalue weighted by atomic mass is 16.2. The van der Waals surface area contributed by atoms with Gasteiger partial charge < -0.3 is 10.2 Å². The first-order valence-corrected chi connectivity index (χ1v) is 6.56. The number of nitrogens with one attached hydrogen (secondary N) is 1. The molecule has 0 heterocycles. The van der Waals surface area contributed by atoms with E-state index in [0.717, 1.165) is 18.0 Å². The lowest BCUT2D eigenvalue weighted by Gasteiger charge is -2.12. The number of hydrogen-bond acceptors (Lipinski definition) is 2. The van der Waals surface area contributed by atoms with Crippen LogP contribution in [-0.2, 0) is 11.2 Å². The number of amides is 1. The zero-order valence-electron chi connectivity index (χ0n) is 11.9. The molecule has 0 aromatic heterocycles. The van der Waals surface area contributed by atoms with Crippen LogP contribution < -0.4 is 5.32 Å². The molecule has 0 aliphatic carbocycles. The number of likely N-dealkylation sites (N-methyl/N-ethyl adjacent to an activating group) is 1. The highest BCUT2D eigenvalue weighted by molar-refractivity contribution is 5.80. The quantitative estimate of drug-likeness (QED) is 0.839. The van der Waals surface area contributed by atoms with Crippen LogP contribution in [0.15, 0.2) is 24.3 Å². The van der Waals surface area contributed by atoms with Gasteiger partial charge in [-0.25, -0.2) is 0 Å². The summed E-state index contributed by atoms with van der Waals surface area (Å²) in [5.41, 5.74) is 2.35. The molecule has 0 bridgehead atoms. The predicted molar refractivity (Wildman–Crippen MR) is 76.8 cm³/mol. The molecule has 1 N–H and O–H groups in total. The number of hydrogen-bond donors (Lipinski definition) is 1. The molecule has 0 aliphatic heterocycles. The Balaban J connectivity index is 2.48. The van der Waals surface area contributed by atoms with Crippen LogP contribution in [0.5, 0.6) is 0 Å². The zero-order valence-corrected chi connectivity index (χ0v) is 11.9. The second kappa shape index (κ2) is 7.04. The van der Waals surface area contributed by atoms with Crippen molar-refractivity contribution in [2.45, 2.75) is 26.7 Å². The Morgan fingerprint density at radius 1 is 1.28 bits per heavy atom. The van der Waals surface area contributed by atoms with Crippen molar-refractivity contribution >= 4 is 11.6 Å². The van der Waals surface area contributed by atoms with Crippen LogP contribution >= 0.6 is 0 Å². The summed E-state index contributed by atoms with van der Waals surface area (Å²) in [5, 5.41) is 3.13. The third-order valence-electron chi connectivity index (χ3n) is 3.18. The van der Waals surface area contributed by atoms with E-state index < -0.39 is 0 Å². The molecule has 3 nitrogen and oxygen atoms in total. The van der Waals surface area contributed by atoms with Crippen molar-refractivity contribution in [2.24, 2.45) is 5.92 Å². The van der Waals surface area contributed by atoms with Gasteiger partial charge in [0, 0.05) is 19.8 Å². The highest BCUT2D eigenvalue weighted by Crippen LogP contribution is 2.14. The van der Waals surface area contributed by atoms with Crippen molar-refractivity contribution in [1.82, 2.24) is 4.90 Å². The lowest BCUT2D eigenvalue weighted by atomic mass is 9.99. The maximum atomic E-state index is 11.4. The van der Waals surface area contributed by atoms with Crippen LogP contribution in [0.1, 0.15) is 25.8 Å². The molecular weight excluding hydrogens is 224 g/mol. The van der Waals surface area contributed by atoms with Gasteiger partial charge in [0.25, 0.3) is 0 Å². The lowest BCUT2D eigenvalue weighted by Crippen LogP contribution is -2.28. The van der Waals surface area contributed by atoms with E-state index in [2.05, 4.69) is 31.3 Å². The van der Waals surface area contributed by atoms with E-state index in [-0.39, 0.29) is 5.91 Å². The van der Waals surface area contributed by atoms with Gasteiger partial charge in [0.1, 0.15) is 0 Å². The van der Waals surface area contributed by atoms with Crippen LogP contribution in [0.25, 0.3) is 0 Å². The summed E-state index contributed by atoms with van der Waals surface area (Å²) in [5.74, 6) is 0.804. The van der Waals surface area contributed by atoms with Crippen molar-refractivity contribution in [1.29, 1.82) is 0 Å². The minimum absolute atomic E-state index is 0.0821. The molecule has 1 amide bonds. The van der Waals surface area contributed by atoms with E-state index in [4.69, 9.17) is 0 Å². The SMILES string of the molecule is CC[C@@H](C)Cc1ccc(NCC(=O)N(C)C)cc1. The van der Waals surface area contributed by atoms with E-state index in [1.807, 2.05) is 12.1 Å². The number of nitrogens with zero attached hydrogens (tertiary/aromatic N) is 1. The summed E-state index contributed by atoms with van der Waals surface area (Å²) in [6.45, 7) is 4.83. The summed E-state index contributed by atoms with van der Waals surface area (Å²) >= 11 is 0. The molecule has 0 unspecified atom stereocenters. The molecule has 1 atom stereocenters. The number of carbonyl (C=O) groups excluding carboxylic acids is 1. The number of benzene rings is 1. The minimum Gasteiger partial charge on any atom is -0.376 e. The second-order valence-electron chi connectivity index (χ2n) is 5.06. The van der Waals surface area contributed by atoms with Crippen molar-refractivity contribution in [3.05, 3.63) is 29.8 Å².